The first-order chi connectivity index (χ1) is 12.3. The third kappa shape index (κ3) is 5.45. The number of hydrogen-bond donors (Lipinski definition) is 2. The average molecular weight is 463 g/mol. The summed E-state index contributed by atoms with van der Waals surface area (Å²) in [6, 6.07) is 17.1. The molecule has 138 valence electrons. The van der Waals surface area contributed by atoms with Crippen LogP contribution in [0.25, 0.3) is 10.8 Å². The molecule has 0 aliphatic rings. The first-order valence-electron chi connectivity index (χ1n) is 8.73. The molecule has 0 amide bonds. The minimum Gasteiger partial charge on any atom is -0.357 e. The van der Waals surface area contributed by atoms with Crippen LogP contribution >= 0.6 is 24.0 Å². The third-order valence-corrected chi connectivity index (χ3v) is 4.19. The molecule has 0 aliphatic carbocycles. The molecule has 0 unspecified atom stereocenters. The van der Waals surface area contributed by atoms with Crippen molar-refractivity contribution in [3.63, 3.8) is 0 Å². The monoisotopic (exact) mass is 463 g/mol. The fraction of sp³-hybridized carbons (Fsp3) is 0.300. The van der Waals surface area contributed by atoms with Gasteiger partial charge in [0, 0.05) is 26.3 Å². The molecular formula is C20H26IN5. The Balaban J connectivity index is 0.00000243. The number of nitrogens with one attached hydrogen (secondary N) is 2. The van der Waals surface area contributed by atoms with Crippen LogP contribution in [0.2, 0.25) is 0 Å². The molecule has 5 nitrogen and oxygen atoms in total. The van der Waals surface area contributed by atoms with Crippen molar-refractivity contribution in [2.45, 2.75) is 19.9 Å². The second-order valence-electron chi connectivity index (χ2n) is 6.00. The van der Waals surface area contributed by atoms with E-state index in [2.05, 4.69) is 70.1 Å². The van der Waals surface area contributed by atoms with Crippen LogP contribution in [-0.2, 0) is 20.0 Å². The number of fused-ring (bicyclic) bond motifs is 1. The van der Waals surface area contributed by atoms with Gasteiger partial charge in [-0.05, 0) is 35.7 Å². The van der Waals surface area contributed by atoms with Crippen molar-refractivity contribution < 1.29 is 0 Å². The molecule has 2 N–H and O–H groups in total. The number of aryl methyl sites for hydroxylation is 1. The summed E-state index contributed by atoms with van der Waals surface area (Å²) in [6.07, 6.45) is 2.76. The largest absolute Gasteiger partial charge is 0.357 e. The Morgan fingerprint density at radius 3 is 2.62 bits per heavy atom. The smallest absolute Gasteiger partial charge is 0.191 e. The highest BCUT2D eigenvalue weighted by molar-refractivity contribution is 14.0. The van der Waals surface area contributed by atoms with Crippen LogP contribution in [0.3, 0.4) is 0 Å². The normalized spacial score (nSPS) is 11.2. The standard InChI is InChI=1S/C20H25N5.HI/c1-3-21-20(23-15-19-11-13-24-25(19)2)22-12-10-16-8-9-17-6-4-5-7-18(17)14-16;/h4-9,11,13-14H,3,10,12,15H2,1-2H3,(H2,21,22,23);1H. The molecule has 0 saturated carbocycles. The van der Waals surface area contributed by atoms with E-state index in [-0.39, 0.29) is 24.0 Å². The second kappa shape index (κ2) is 10.2. The molecule has 1 aromatic heterocycles. The van der Waals surface area contributed by atoms with Gasteiger partial charge in [-0.15, -0.1) is 24.0 Å². The SMILES string of the molecule is CCNC(=NCc1ccnn1C)NCCc1ccc2ccccc2c1.I. The second-order valence-corrected chi connectivity index (χ2v) is 6.00. The van der Waals surface area contributed by atoms with E-state index in [1.165, 1.54) is 16.3 Å². The van der Waals surface area contributed by atoms with Crippen molar-refractivity contribution >= 4 is 40.7 Å². The van der Waals surface area contributed by atoms with Crippen molar-refractivity contribution in [3.05, 3.63) is 66.0 Å². The maximum atomic E-state index is 4.63. The van der Waals surface area contributed by atoms with Crippen molar-refractivity contribution in [1.29, 1.82) is 0 Å². The van der Waals surface area contributed by atoms with E-state index >= 15 is 0 Å². The molecule has 0 bridgehead atoms. The summed E-state index contributed by atoms with van der Waals surface area (Å²) >= 11 is 0. The molecule has 0 saturated heterocycles. The summed E-state index contributed by atoms with van der Waals surface area (Å²) in [6.45, 7) is 4.37. The van der Waals surface area contributed by atoms with Gasteiger partial charge in [0.15, 0.2) is 5.96 Å². The zero-order chi connectivity index (χ0) is 17.5. The topological polar surface area (TPSA) is 54.2 Å². The predicted octanol–water partition coefficient (Wildman–Crippen LogP) is 3.49. The summed E-state index contributed by atoms with van der Waals surface area (Å²) in [7, 11) is 1.94. The van der Waals surface area contributed by atoms with Gasteiger partial charge >= 0.3 is 0 Å². The molecule has 3 rings (SSSR count). The molecular weight excluding hydrogens is 437 g/mol. The summed E-state index contributed by atoms with van der Waals surface area (Å²) in [5.74, 6) is 0.837. The van der Waals surface area contributed by atoms with Gasteiger partial charge in [-0.1, -0.05) is 42.5 Å². The summed E-state index contributed by atoms with van der Waals surface area (Å²) in [4.78, 5) is 4.63. The molecule has 2 aromatic carbocycles. The maximum Gasteiger partial charge on any atom is 0.191 e. The van der Waals surface area contributed by atoms with Gasteiger partial charge in [0.25, 0.3) is 0 Å². The highest BCUT2D eigenvalue weighted by atomic mass is 127. The Kier molecular flexibility index (Phi) is 7.90. The number of benzene rings is 2. The van der Waals surface area contributed by atoms with Crippen LogP contribution in [0.5, 0.6) is 0 Å². The van der Waals surface area contributed by atoms with Gasteiger partial charge in [-0.25, -0.2) is 4.99 Å². The van der Waals surface area contributed by atoms with E-state index in [0.29, 0.717) is 6.54 Å². The van der Waals surface area contributed by atoms with E-state index in [9.17, 15) is 0 Å². The Labute approximate surface area is 171 Å². The van der Waals surface area contributed by atoms with E-state index in [1.54, 1.807) is 6.20 Å². The molecule has 0 atom stereocenters. The van der Waals surface area contributed by atoms with Crippen LogP contribution in [0.1, 0.15) is 18.2 Å². The van der Waals surface area contributed by atoms with Gasteiger partial charge in [-0.3, -0.25) is 4.68 Å². The lowest BCUT2D eigenvalue weighted by molar-refractivity contribution is 0.707. The Hall–Kier alpha value is -2.09. The van der Waals surface area contributed by atoms with Gasteiger partial charge in [0.05, 0.1) is 12.2 Å². The molecule has 0 aliphatic heterocycles. The molecule has 3 aromatic rings. The minimum absolute atomic E-state index is 0. The first-order valence-corrected chi connectivity index (χ1v) is 8.73. The van der Waals surface area contributed by atoms with Crippen LogP contribution in [0.15, 0.2) is 59.7 Å². The molecule has 0 fully saturated rings. The van der Waals surface area contributed by atoms with Crippen molar-refractivity contribution in [1.82, 2.24) is 20.4 Å². The Bertz CT molecular complexity index is 856. The van der Waals surface area contributed by atoms with Crippen LogP contribution < -0.4 is 10.6 Å². The fourth-order valence-corrected chi connectivity index (χ4v) is 2.78. The zero-order valence-corrected chi connectivity index (χ0v) is 17.6. The Morgan fingerprint density at radius 1 is 1.08 bits per heavy atom. The molecule has 0 spiro atoms. The number of hydrogen-bond acceptors (Lipinski definition) is 2. The van der Waals surface area contributed by atoms with E-state index in [0.717, 1.165) is 31.2 Å². The zero-order valence-electron chi connectivity index (χ0n) is 15.3. The van der Waals surface area contributed by atoms with E-state index in [4.69, 9.17) is 0 Å². The van der Waals surface area contributed by atoms with E-state index < -0.39 is 0 Å². The lowest BCUT2D eigenvalue weighted by Gasteiger charge is -2.11. The van der Waals surface area contributed by atoms with Crippen LogP contribution in [0.4, 0.5) is 0 Å². The average Bonchev–Trinajstić information content (AvgIpc) is 3.04. The lowest BCUT2D eigenvalue weighted by Crippen LogP contribution is -2.38. The van der Waals surface area contributed by atoms with Gasteiger partial charge in [0.2, 0.25) is 0 Å². The predicted molar refractivity (Wildman–Crippen MR) is 119 cm³/mol. The van der Waals surface area contributed by atoms with Gasteiger partial charge < -0.3 is 10.6 Å². The fourth-order valence-electron chi connectivity index (χ4n) is 2.78. The maximum absolute atomic E-state index is 4.63. The quantitative estimate of drug-likeness (QED) is 0.335. The summed E-state index contributed by atoms with van der Waals surface area (Å²) in [5.41, 5.74) is 2.42. The molecule has 0 radical (unpaired) electrons. The number of aliphatic imine (C=N–C) groups is 1. The number of nitrogens with zero attached hydrogens (tertiary/aromatic N) is 3. The van der Waals surface area contributed by atoms with Crippen LogP contribution in [0, 0.1) is 0 Å². The summed E-state index contributed by atoms with van der Waals surface area (Å²) in [5, 5.41) is 13.4. The van der Waals surface area contributed by atoms with Crippen molar-refractivity contribution in [2.24, 2.45) is 12.0 Å². The molecule has 26 heavy (non-hydrogen) atoms. The van der Waals surface area contributed by atoms with E-state index in [1.807, 2.05) is 17.8 Å². The Morgan fingerprint density at radius 2 is 1.88 bits per heavy atom. The first kappa shape index (κ1) is 20.2. The highest BCUT2D eigenvalue weighted by Crippen LogP contribution is 2.15. The van der Waals surface area contributed by atoms with Crippen molar-refractivity contribution in [2.75, 3.05) is 13.1 Å². The lowest BCUT2D eigenvalue weighted by atomic mass is 10.1. The van der Waals surface area contributed by atoms with Crippen molar-refractivity contribution in [3.8, 4) is 0 Å². The number of rotatable bonds is 6. The van der Waals surface area contributed by atoms with Gasteiger partial charge in [-0.2, -0.15) is 5.10 Å². The molecule has 1 heterocycles. The number of aromatic nitrogens is 2. The summed E-state index contributed by atoms with van der Waals surface area (Å²) < 4.78 is 1.85. The number of halogens is 1. The minimum atomic E-state index is 0. The molecule has 6 heteroatoms. The highest BCUT2D eigenvalue weighted by Gasteiger charge is 2.01. The van der Waals surface area contributed by atoms with Crippen LogP contribution in [-0.4, -0.2) is 28.8 Å². The third-order valence-electron chi connectivity index (χ3n) is 4.19. The van der Waals surface area contributed by atoms with Gasteiger partial charge in [0.1, 0.15) is 0 Å². The number of guanidine groups is 1.